The van der Waals surface area contributed by atoms with E-state index in [4.69, 9.17) is 9.56 Å². The first-order chi connectivity index (χ1) is 9.95. The monoisotopic (exact) mass is 309 g/mol. The third-order valence-electron chi connectivity index (χ3n) is 2.74. The van der Waals surface area contributed by atoms with E-state index in [0.29, 0.717) is 6.54 Å². The second-order valence-corrected chi connectivity index (χ2v) is 5.92. The summed E-state index contributed by atoms with van der Waals surface area (Å²) in [4.78, 5) is 11.6. The molecule has 0 saturated heterocycles. The van der Waals surface area contributed by atoms with Crippen molar-refractivity contribution in [3.8, 4) is 0 Å². The molecule has 0 atom stereocenters. The molecule has 0 aliphatic heterocycles. The van der Waals surface area contributed by atoms with Gasteiger partial charge in [0.1, 0.15) is 0 Å². The fraction of sp³-hybridized carbons (Fsp3) is 0.154. The second-order valence-electron chi connectivity index (χ2n) is 4.36. The summed E-state index contributed by atoms with van der Waals surface area (Å²) >= 11 is 0. The lowest BCUT2D eigenvalue weighted by Crippen LogP contribution is -2.34. The van der Waals surface area contributed by atoms with Crippen LogP contribution < -0.4 is 15.8 Å². The van der Waals surface area contributed by atoms with Gasteiger partial charge in [0.2, 0.25) is 10.0 Å². The van der Waals surface area contributed by atoms with Gasteiger partial charge in [-0.1, -0.05) is 12.1 Å². The number of urea groups is 1. The maximum Gasteiger partial charge on any atom is 0.315 e. The van der Waals surface area contributed by atoms with Crippen LogP contribution in [0.4, 0.5) is 4.79 Å². The zero-order chi connectivity index (χ0) is 15.3. The van der Waals surface area contributed by atoms with Crippen molar-refractivity contribution < 1.29 is 17.6 Å². The Hall–Kier alpha value is -2.32. The number of furan rings is 1. The molecule has 2 aromatic rings. The van der Waals surface area contributed by atoms with Crippen LogP contribution >= 0.6 is 0 Å². The van der Waals surface area contributed by atoms with Crippen molar-refractivity contribution in [1.82, 2.24) is 10.6 Å². The number of rotatable bonds is 5. The van der Waals surface area contributed by atoms with Crippen LogP contribution in [0.3, 0.4) is 0 Å². The Morgan fingerprint density at radius 3 is 2.19 bits per heavy atom. The maximum atomic E-state index is 11.6. The van der Waals surface area contributed by atoms with Crippen molar-refractivity contribution >= 4 is 16.1 Å². The fourth-order valence-corrected chi connectivity index (χ4v) is 2.13. The van der Waals surface area contributed by atoms with E-state index in [1.54, 1.807) is 24.5 Å². The number of nitrogens with two attached hydrogens (primary N) is 1. The van der Waals surface area contributed by atoms with Crippen molar-refractivity contribution in [2.24, 2.45) is 5.14 Å². The normalized spacial score (nSPS) is 11.1. The number of hydrogen-bond donors (Lipinski definition) is 3. The lowest BCUT2D eigenvalue weighted by molar-refractivity contribution is 0.240. The van der Waals surface area contributed by atoms with E-state index in [2.05, 4.69) is 10.6 Å². The lowest BCUT2D eigenvalue weighted by Gasteiger charge is -2.07. The molecule has 0 unspecified atom stereocenters. The standard InChI is InChI=1S/C13H15N3O4S/c14-21(18,19)12-3-1-10(2-4-12)7-15-13(17)16-8-11-5-6-20-9-11/h1-6,9H,7-8H2,(H2,14,18,19)(H2,15,16,17). The van der Waals surface area contributed by atoms with Gasteiger partial charge in [0.25, 0.3) is 0 Å². The van der Waals surface area contributed by atoms with Gasteiger partial charge in [0.15, 0.2) is 0 Å². The number of carbonyl (C=O) groups excluding carboxylic acids is 1. The molecule has 1 aromatic heterocycles. The highest BCUT2D eigenvalue weighted by molar-refractivity contribution is 7.89. The highest BCUT2D eigenvalue weighted by Crippen LogP contribution is 2.08. The molecule has 1 heterocycles. The molecule has 4 N–H and O–H groups in total. The number of benzene rings is 1. The molecule has 0 aliphatic rings. The van der Waals surface area contributed by atoms with Crippen molar-refractivity contribution in [2.45, 2.75) is 18.0 Å². The molecule has 2 amide bonds. The first-order valence-corrected chi connectivity index (χ1v) is 7.64. The topological polar surface area (TPSA) is 114 Å². The number of hydrogen-bond acceptors (Lipinski definition) is 4. The molecule has 0 spiro atoms. The first kappa shape index (κ1) is 15.1. The van der Waals surface area contributed by atoms with Crippen LogP contribution in [0.2, 0.25) is 0 Å². The molecule has 112 valence electrons. The van der Waals surface area contributed by atoms with Crippen LogP contribution in [0.5, 0.6) is 0 Å². The number of carbonyl (C=O) groups is 1. The average molecular weight is 309 g/mol. The molecule has 0 fully saturated rings. The zero-order valence-electron chi connectivity index (χ0n) is 11.1. The summed E-state index contributed by atoms with van der Waals surface area (Å²) in [5, 5.41) is 10.3. The van der Waals surface area contributed by atoms with Crippen LogP contribution in [-0.4, -0.2) is 14.4 Å². The Morgan fingerprint density at radius 2 is 1.67 bits per heavy atom. The number of amides is 2. The molecule has 8 heteroatoms. The van der Waals surface area contributed by atoms with E-state index >= 15 is 0 Å². The maximum absolute atomic E-state index is 11.6. The van der Waals surface area contributed by atoms with E-state index in [1.165, 1.54) is 18.4 Å². The minimum Gasteiger partial charge on any atom is -0.472 e. The van der Waals surface area contributed by atoms with Gasteiger partial charge in [-0.25, -0.2) is 18.4 Å². The molecule has 7 nitrogen and oxygen atoms in total. The van der Waals surface area contributed by atoms with Crippen LogP contribution in [0.25, 0.3) is 0 Å². The van der Waals surface area contributed by atoms with Crippen LogP contribution in [0.15, 0.2) is 52.2 Å². The first-order valence-electron chi connectivity index (χ1n) is 6.09. The molecular weight excluding hydrogens is 294 g/mol. The van der Waals surface area contributed by atoms with Gasteiger partial charge < -0.3 is 15.1 Å². The minimum atomic E-state index is -3.69. The molecule has 0 saturated carbocycles. The van der Waals surface area contributed by atoms with Crippen molar-refractivity contribution in [2.75, 3.05) is 0 Å². The van der Waals surface area contributed by atoms with Crippen molar-refractivity contribution in [3.05, 3.63) is 54.0 Å². The summed E-state index contributed by atoms with van der Waals surface area (Å²) < 4.78 is 27.1. The van der Waals surface area contributed by atoms with Crippen LogP contribution in [0, 0.1) is 0 Å². The summed E-state index contributed by atoms with van der Waals surface area (Å²) in [6.07, 6.45) is 3.08. The van der Waals surface area contributed by atoms with Gasteiger partial charge in [-0.05, 0) is 23.8 Å². The molecule has 2 rings (SSSR count). The SMILES string of the molecule is NS(=O)(=O)c1ccc(CNC(=O)NCc2ccoc2)cc1. The van der Waals surface area contributed by atoms with Crippen molar-refractivity contribution in [1.29, 1.82) is 0 Å². The molecular formula is C13H15N3O4S. The average Bonchev–Trinajstić information content (AvgIpc) is 2.95. The highest BCUT2D eigenvalue weighted by Gasteiger charge is 2.07. The Bertz CT molecular complexity index is 694. The van der Waals surface area contributed by atoms with E-state index < -0.39 is 10.0 Å². The van der Waals surface area contributed by atoms with E-state index in [9.17, 15) is 13.2 Å². The van der Waals surface area contributed by atoms with Gasteiger partial charge in [0.05, 0.1) is 17.4 Å². The molecule has 1 aromatic carbocycles. The fourth-order valence-electron chi connectivity index (χ4n) is 1.62. The number of primary sulfonamides is 1. The van der Waals surface area contributed by atoms with Crippen LogP contribution in [-0.2, 0) is 23.1 Å². The predicted molar refractivity (Wildman–Crippen MR) is 75.6 cm³/mol. The van der Waals surface area contributed by atoms with Gasteiger partial charge in [0, 0.05) is 18.7 Å². The highest BCUT2D eigenvalue weighted by atomic mass is 32.2. The van der Waals surface area contributed by atoms with Crippen molar-refractivity contribution in [3.63, 3.8) is 0 Å². The Kier molecular flexibility index (Phi) is 4.61. The molecule has 0 bridgehead atoms. The van der Waals surface area contributed by atoms with Crippen LogP contribution in [0.1, 0.15) is 11.1 Å². The molecule has 0 radical (unpaired) electrons. The van der Waals surface area contributed by atoms with Gasteiger partial charge in [-0.2, -0.15) is 0 Å². The number of sulfonamides is 1. The van der Waals surface area contributed by atoms with E-state index in [-0.39, 0.29) is 17.5 Å². The molecule has 0 aliphatic carbocycles. The van der Waals surface area contributed by atoms with Gasteiger partial charge in [-0.15, -0.1) is 0 Å². The van der Waals surface area contributed by atoms with E-state index in [0.717, 1.165) is 11.1 Å². The third kappa shape index (κ3) is 4.62. The third-order valence-corrected chi connectivity index (χ3v) is 3.67. The Morgan fingerprint density at radius 1 is 1.05 bits per heavy atom. The Labute approximate surface area is 122 Å². The second kappa shape index (κ2) is 6.42. The number of nitrogens with one attached hydrogen (secondary N) is 2. The minimum absolute atomic E-state index is 0.0376. The zero-order valence-corrected chi connectivity index (χ0v) is 11.9. The smallest absolute Gasteiger partial charge is 0.315 e. The van der Waals surface area contributed by atoms with Gasteiger partial charge in [-0.3, -0.25) is 0 Å². The predicted octanol–water partition coefficient (Wildman–Crippen LogP) is 0.926. The van der Waals surface area contributed by atoms with Gasteiger partial charge >= 0.3 is 6.03 Å². The summed E-state index contributed by atoms with van der Waals surface area (Å²) in [6, 6.07) is 7.41. The summed E-state index contributed by atoms with van der Waals surface area (Å²) in [5.74, 6) is 0. The summed E-state index contributed by atoms with van der Waals surface area (Å²) in [5.41, 5.74) is 1.63. The largest absolute Gasteiger partial charge is 0.472 e. The molecule has 21 heavy (non-hydrogen) atoms. The summed E-state index contributed by atoms with van der Waals surface area (Å²) in [7, 11) is -3.69. The summed E-state index contributed by atoms with van der Waals surface area (Å²) in [6.45, 7) is 0.648. The van der Waals surface area contributed by atoms with E-state index in [1.807, 2.05) is 0 Å². The Balaban J connectivity index is 1.81. The quantitative estimate of drug-likeness (QED) is 0.762. The lowest BCUT2D eigenvalue weighted by atomic mass is 10.2.